The van der Waals surface area contributed by atoms with Gasteiger partial charge in [-0.25, -0.2) is 8.42 Å². The molecule has 0 spiro atoms. The first-order chi connectivity index (χ1) is 9.52. The molecule has 0 saturated carbocycles. The summed E-state index contributed by atoms with van der Waals surface area (Å²) in [5.41, 5.74) is 0. The van der Waals surface area contributed by atoms with Gasteiger partial charge in [-0.1, -0.05) is 0 Å². The Morgan fingerprint density at radius 2 is 2.15 bits per heavy atom. The number of piperidine rings is 1. The largest absolute Gasteiger partial charge is 0.351 e. The third-order valence-corrected chi connectivity index (χ3v) is 6.41. The zero-order valence-electron chi connectivity index (χ0n) is 11.7. The van der Waals surface area contributed by atoms with Gasteiger partial charge in [0.2, 0.25) is 5.91 Å². The summed E-state index contributed by atoms with van der Waals surface area (Å²) in [6, 6.07) is 0.346. The van der Waals surface area contributed by atoms with Crippen LogP contribution in [0.25, 0.3) is 0 Å². The number of fused-ring (bicyclic) bond motifs is 1. The number of rotatable bonds is 3. The summed E-state index contributed by atoms with van der Waals surface area (Å²) >= 11 is 0. The highest BCUT2D eigenvalue weighted by molar-refractivity contribution is 7.91. The maximum Gasteiger partial charge on any atom is 0.234 e. The van der Waals surface area contributed by atoms with Crippen LogP contribution < -0.4 is 10.6 Å². The molecular formula is C13H23N3O3S. The predicted molar refractivity (Wildman–Crippen MR) is 76.2 cm³/mol. The van der Waals surface area contributed by atoms with Crippen molar-refractivity contribution < 1.29 is 13.2 Å². The number of sulfone groups is 1. The number of nitrogens with one attached hydrogen (secondary N) is 2. The smallest absolute Gasteiger partial charge is 0.234 e. The fraction of sp³-hybridized carbons (Fsp3) is 0.923. The van der Waals surface area contributed by atoms with E-state index in [1.807, 2.05) is 0 Å². The second-order valence-corrected chi connectivity index (χ2v) is 8.55. The van der Waals surface area contributed by atoms with Crippen molar-refractivity contribution in [2.75, 3.05) is 37.7 Å². The van der Waals surface area contributed by atoms with Crippen molar-refractivity contribution in [1.82, 2.24) is 15.5 Å². The van der Waals surface area contributed by atoms with Gasteiger partial charge in [0.05, 0.1) is 18.1 Å². The Hall–Kier alpha value is -0.660. The summed E-state index contributed by atoms with van der Waals surface area (Å²) in [6.07, 6.45) is 3.03. The van der Waals surface area contributed by atoms with Crippen molar-refractivity contribution in [2.24, 2.45) is 5.92 Å². The van der Waals surface area contributed by atoms with Gasteiger partial charge in [-0.2, -0.15) is 0 Å². The third kappa shape index (κ3) is 3.32. The molecule has 3 heterocycles. The van der Waals surface area contributed by atoms with Crippen molar-refractivity contribution >= 4 is 15.7 Å². The second kappa shape index (κ2) is 5.61. The molecule has 1 amide bonds. The van der Waals surface area contributed by atoms with Gasteiger partial charge < -0.3 is 10.6 Å². The van der Waals surface area contributed by atoms with Crippen LogP contribution in [0.3, 0.4) is 0 Å². The number of amides is 1. The molecule has 0 radical (unpaired) electrons. The molecule has 0 aromatic carbocycles. The maximum atomic E-state index is 12.0. The first-order valence-corrected chi connectivity index (χ1v) is 9.29. The second-order valence-electron chi connectivity index (χ2n) is 6.32. The molecule has 6 nitrogen and oxygen atoms in total. The maximum absolute atomic E-state index is 12.0. The number of carbonyl (C=O) groups excluding carboxylic acids is 1. The predicted octanol–water partition coefficient (Wildman–Crippen LogP) is -1.03. The molecular weight excluding hydrogens is 278 g/mol. The molecule has 7 heteroatoms. The number of nitrogens with zero attached hydrogens (tertiary/aromatic N) is 1. The highest BCUT2D eigenvalue weighted by atomic mass is 32.2. The van der Waals surface area contributed by atoms with Crippen LogP contribution in [0.15, 0.2) is 0 Å². The summed E-state index contributed by atoms with van der Waals surface area (Å²) in [4.78, 5) is 14.2. The van der Waals surface area contributed by atoms with Gasteiger partial charge in [0.1, 0.15) is 0 Å². The summed E-state index contributed by atoms with van der Waals surface area (Å²) in [5, 5.41) is 6.38. The summed E-state index contributed by atoms with van der Waals surface area (Å²) < 4.78 is 22.7. The Balaban J connectivity index is 1.45. The van der Waals surface area contributed by atoms with E-state index in [9.17, 15) is 13.2 Å². The lowest BCUT2D eigenvalue weighted by Gasteiger charge is -2.24. The lowest BCUT2D eigenvalue weighted by atomic mass is 9.94. The molecule has 0 aromatic rings. The number of likely N-dealkylation sites (tertiary alicyclic amines) is 1. The van der Waals surface area contributed by atoms with Gasteiger partial charge >= 0.3 is 0 Å². The van der Waals surface area contributed by atoms with E-state index in [1.54, 1.807) is 0 Å². The quantitative estimate of drug-likeness (QED) is 0.697. The zero-order chi connectivity index (χ0) is 14.2. The summed E-state index contributed by atoms with van der Waals surface area (Å²) in [5.74, 6) is 0.940. The van der Waals surface area contributed by atoms with E-state index in [0.717, 1.165) is 19.6 Å². The fourth-order valence-corrected chi connectivity index (χ4v) is 5.32. The number of carbonyl (C=O) groups is 1. The van der Waals surface area contributed by atoms with E-state index < -0.39 is 9.84 Å². The molecule has 3 atom stereocenters. The Morgan fingerprint density at radius 1 is 1.30 bits per heavy atom. The molecule has 114 valence electrons. The van der Waals surface area contributed by atoms with Gasteiger partial charge in [-0.05, 0) is 31.7 Å². The van der Waals surface area contributed by atoms with Crippen LogP contribution in [-0.2, 0) is 14.6 Å². The van der Waals surface area contributed by atoms with Gasteiger partial charge in [0.15, 0.2) is 9.84 Å². The van der Waals surface area contributed by atoms with Crippen molar-refractivity contribution in [3.8, 4) is 0 Å². The topological polar surface area (TPSA) is 78.5 Å². The van der Waals surface area contributed by atoms with Crippen molar-refractivity contribution in [3.63, 3.8) is 0 Å². The first-order valence-electron chi connectivity index (χ1n) is 7.47. The minimum atomic E-state index is -2.92. The lowest BCUT2D eigenvalue weighted by Crippen LogP contribution is -2.43. The Morgan fingerprint density at radius 3 is 2.85 bits per heavy atom. The van der Waals surface area contributed by atoms with Gasteiger partial charge in [-0.3, -0.25) is 9.69 Å². The molecule has 0 aliphatic carbocycles. The highest BCUT2D eigenvalue weighted by Crippen LogP contribution is 2.24. The molecule has 2 N–H and O–H groups in total. The van der Waals surface area contributed by atoms with Crippen LogP contribution >= 0.6 is 0 Å². The Kier molecular flexibility index (Phi) is 4.01. The molecule has 3 unspecified atom stereocenters. The average Bonchev–Trinajstić information content (AvgIpc) is 2.91. The molecule has 20 heavy (non-hydrogen) atoms. The van der Waals surface area contributed by atoms with Gasteiger partial charge in [-0.15, -0.1) is 0 Å². The van der Waals surface area contributed by atoms with Crippen LogP contribution in [0.2, 0.25) is 0 Å². The van der Waals surface area contributed by atoms with E-state index >= 15 is 0 Å². The van der Waals surface area contributed by atoms with E-state index in [0.29, 0.717) is 24.9 Å². The minimum Gasteiger partial charge on any atom is -0.351 e. The molecule has 0 aromatic heterocycles. The van der Waals surface area contributed by atoms with E-state index in [-0.39, 0.29) is 23.5 Å². The van der Waals surface area contributed by atoms with Crippen LogP contribution in [0.5, 0.6) is 0 Å². The monoisotopic (exact) mass is 301 g/mol. The molecule has 3 aliphatic rings. The SMILES string of the molecule is O=C(CN1CC2CCCNC2C1)NC1CCS(=O)(=O)C1. The molecule has 3 rings (SSSR count). The first kappa shape index (κ1) is 14.3. The molecule has 3 saturated heterocycles. The van der Waals surface area contributed by atoms with Crippen molar-refractivity contribution in [2.45, 2.75) is 31.3 Å². The standard InChI is InChI=1S/C13H23N3O3S/c17-13(15-11-3-5-20(18,19)9-11)8-16-6-10-2-1-4-14-12(10)7-16/h10-12,14H,1-9H2,(H,15,17). The van der Waals surface area contributed by atoms with Crippen molar-refractivity contribution in [1.29, 1.82) is 0 Å². The van der Waals surface area contributed by atoms with Crippen LogP contribution in [0.1, 0.15) is 19.3 Å². The normalized spacial score (nSPS) is 36.7. The van der Waals surface area contributed by atoms with E-state index in [4.69, 9.17) is 0 Å². The highest BCUT2D eigenvalue weighted by Gasteiger charge is 2.35. The van der Waals surface area contributed by atoms with E-state index in [1.165, 1.54) is 12.8 Å². The Labute approximate surface area is 120 Å². The lowest BCUT2D eigenvalue weighted by molar-refractivity contribution is -0.122. The van der Waals surface area contributed by atoms with Crippen LogP contribution in [-0.4, -0.2) is 69.0 Å². The van der Waals surface area contributed by atoms with Crippen LogP contribution in [0.4, 0.5) is 0 Å². The number of hydrogen-bond acceptors (Lipinski definition) is 5. The van der Waals surface area contributed by atoms with Gasteiger partial charge in [0, 0.05) is 25.2 Å². The third-order valence-electron chi connectivity index (χ3n) is 4.64. The minimum absolute atomic E-state index is 0.0363. The molecule has 3 fully saturated rings. The Bertz CT molecular complexity index is 465. The van der Waals surface area contributed by atoms with Crippen molar-refractivity contribution in [3.05, 3.63) is 0 Å². The fourth-order valence-electron chi connectivity index (χ4n) is 3.65. The summed E-state index contributed by atoms with van der Waals surface area (Å²) in [6.45, 7) is 3.39. The van der Waals surface area contributed by atoms with E-state index in [2.05, 4.69) is 15.5 Å². The van der Waals surface area contributed by atoms with Crippen LogP contribution in [0, 0.1) is 5.92 Å². The summed E-state index contributed by atoms with van der Waals surface area (Å²) in [7, 11) is -2.92. The average molecular weight is 301 g/mol. The zero-order valence-corrected chi connectivity index (χ0v) is 12.5. The van der Waals surface area contributed by atoms with Gasteiger partial charge in [0.25, 0.3) is 0 Å². The molecule has 0 bridgehead atoms. The number of hydrogen-bond donors (Lipinski definition) is 2. The molecule has 3 aliphatic heterocycles.